The fourth-order valence-electron chi connectivity index (χ4n) is 5.41. The van der Waals surface area contributed by atoms with Gasteiger partial charge < -0.3 is 51.2 Å². The van der Waals surface area contributed by atoms with Crippen LogP contribution in [0, 0.1) is 0 Å². The highest BCUT2D eigenvalue weighted by Gasteiger charge is 2.56. The first-order valence-electron chi connectivity index (χ1n) is 16.5. The highest BCUT2D eigenvalue weighted by Crippen LogP contribution is 2.36. The van der Waals surface area contributed by atoms with Gasteiger partial charge in [-0.05, 0) is 58.9 Å². The first-order chi connectivity index (χ1) is 22.8. The monoisotopic (exact) mass is 768 g/mol. The number of rotatable bonds is 15. The van der Waals surface area contributed by atoms with Gasteiger partial charge in [0.2, 0.25) is 12.4 Å². The van der Waals surface area contributed by atoms with Gasteiger partial charge >= 0.3 is 29.8 Å². The van der Waals surface area contributed by atoms with Crippen LogP contribution < -0.4 is 0 Å². The number of ether oxygens (including phenoxy) is 8. The standard InChI is InChI=1S/C31H56O16Si3/c1-17(32)37-15-23-25(45-48(6,7)8)27(46-49(9,10)11)29(47-50(12,13)14)30(43-23)38-16-22-24(39-18(2)33)26(40-19(3)34)28(41-20(4)35)31(44-22)42-21(5)36/h22-31H,15-16H2,1-14H3/t22?,23?,24-,25+,26?,27?,28?,29?,30+,31?/m1/s1. The minimum Gasteiger partial charge on any atom is -0.463 e. The molecule has 288 valence electrons. The smallest absolute Gasteiger partial charge is 0.305 e. The van der Waals surface area contributed by atoms with Gasteiger partial charge in [0.1, 0.15) is 37.1 Å². The molecule has 2 heterocycles. The van der Waals surface area contributed by atoms with Crippen LogP contribution in [-0.2, 0) is 75.1 Å². The third-order valence-electron chi connectivity index (χ3n) is 6.72. The molecule has 16 nitrogen and oxygen atoms in total. The fourth-order valence-corrected chi connectivity index (χ4v) is 8.66. The number of hydrogen-bond acceptors (Lipinski definition) is 16. The molecule has 2 aliphatic rings. The topological polar surface area (TPSA) is 187 Å². The molecule has 2 fully saturated rings. The maximum atomic E-state index is 12.3. The molecule has 0 aromatic carbocycles. The third-order valence-corrected chi connectivity index (χ3v) is 9.65. The van der Waals surface area contributed by atoms with Crippen molar-refractivity contribution in [1.29, 1.82) is 0 Å². The predicted molar refractivity (Wildman–Crippen MR) is 183 cm³/mol. The van der Waals surface area contributed by atoms with E-state index in [-0.39, 0.29) is 6.61 Å². The Hall–Kier alpha value is -2.24. The van der Waals surface area contributed by atoms with Crippen molar-refractivity contribution in [3.8, 4) is 0 Å². The van der Waals surface area contributed by atoms with Gasteiger partial charge in [-0.1, -0.05) is 0 Å². The second-order valence-electron chi connectivity index (χ2n) is 15.1. The minimum absolute atomic E-state index is 0.168. The van der Waals surface area contributed by atoms with E-state index in [2.05, 4.69) is 0 Å². The van der Waals surface area contributed by atoms with Crippen molar-refractivity contribution < 1.29 is 75.1 Å². The summed E-state index contributed by atoms with van der Waals surface area (Å²) in [6.45, 7) is 23.4. The molecule has 7 unspecified atom stereocenters. The SMILES string of the molecule is CC(=O)OCC1O[C@H](OCC2OC(OC(C)=O)C(OC(C)=O)C(OC(C)=O)[C@@H]2OC(C)=O)C(O[Si](C)(C)C)C(O[Si](C)(C)C)[C@H]1O[Si](C)(C)C. The highest BCUT2D eigenvalue weighted by atomic mass is 28.4. The first-order valence-corrected chi connectivity index (χ1v) is 26.8. The molecule has 50 heavy (non-hydrogen) atoms. The Kier molecular flexibility index (Phi) is 15.8. The summed E-state index contributed by atoms with van der Waals surface area (Å²) in [5, 5.41) is 0. The van der Waals surface area contributed by atoms with E-state index >= 15 is 0 Å². The molecule has 10 atom stereocenters. The predicted octanol–water partition coefficient (Wildman–Crippen LogP) is 3.03. The molecule has 0 N–H and O–H groups in total. The molecular weight excluding hydrogens is 713 g/mol. The second-order valence-corrected chi connectivity index (χ2v) is 28.5. The summed E-state index contributed by atoms with van der Waals surface area (Å²) in [6, 6.07) is 0. The van der Waals surface area contributed by atoms with Crippen LogP contribution in [0.1, 0.15) is 34.6 Å². The number of carbonyl (C=O) groups is 5. The molecule has 0 amide bonds. The fraction of sp³-hybridized carbons (Fsp3) is 0.839. The summed E-state index contributed by atoms with van der Waals surface area (Å²) < 4.78 is 66.2. The van der Waals surface area contributed by atoms with Gasteiger partial charge in [0.25, 0.3) is 0 Å². The summed E-state index contributed by atoms with van der Waals surface area (Å²) in [5.41, 5.74) is 0. The van der Waals surface area contributed by atoms with Crippen LogP contribution in [0.15, 0.2) is 0 Å². The Bertz CT molecular complexity index is 1200. The van der Waals surface area contributed by atoms with Crippen LogP contribution in [-0.4, -0.2) is 129 Å². The molecule has 2 rings (SSSR count). The van der Waals surface area contributed by atoms with Crippen LogP contribution in [0.3, 0.4) is 0 Å². The maximum absolute atomic E-state index is 12.3. The zero-order chi connectivity index (χ0) is 38.4. The quantitative estimate of drug-likeness (QED) is 0.134. The van der Waals surface area contributed by atoms with Gasteiger partial charge in [0, 0.05) is 34.6 Å². The third kappa shape index (κ3) is 14.8. The normalized spacial score (nSPS) is 30.5. The molecule has 0 bridgehead atoms. The van der Waals surface area contributed by atoms with E-state index in [1.807, 2.05) is 58.9 Å². The van der Waals surface area contributed by atoms with E-state index in [1.54, 1.807) is 0 Å². The number of carbonyl (C=O) groups excluding carboxylic acids is 5. The Morgan fingerprint density at radius 1 is 0.440 bits per heavy atom. The Morgan fingerprint density at radius 3 is 1.30 bits per heavy atom. The summed E-state index contributed by atoms with van der Waals surface area (Å²) in [7, 11) is -6.92. The van der Waals surface area contributed by atoms with Crippen molar-refractivity contribution in [3.63, 3.8) is 0 Å². The van der Waals surface area contributed by atoms with E-state index < -0.39 is 123 Å². The highest BCUT2D eigenvalue weighted by molar-refractivity contribution is 6.70. The second kappa shape index (κ2) is 18.0. The Morgan fingerprint density at radius 2 is 0.840 bits per heavy atom. The molecule has 2 saturated heterocycles. The van der Waals surface area contributed by atoms with Crippen molar-refractivity contribution in [2.75, 3.05) is 13.2 Å². The lowest BCUT2D eigenvalue weighted by atomic mass is 9.97. The molecule has 2 aliphatic heterocycles. The summed E-state index contributed by atoms with van der Waals surface area (Å²) in [4.78, 5) is 60.7. The number of esters is 5. The summed E-state index contributed by atoms with van der Waals surface area (Å²) >= 11 is 0. The van der Waals surface area contributed by atoms with Gasteiger partial charge in [-0.3, -0.25) is 24.0 Å². The molecule has 0 aromatic heterocycles. The Labute approximate surface area is 297 Å². The largest absolute Gasteiger partial charge is 0.463 e. The van der Waals surface area contributed by atoms with Crippen LogP contribution in [0.2, 0.25) is 58.9 Å². The molecule has 19 heteroatoms. The first kappa shape index (κ1) is 43.9. The van der Waals surface area contributed by atoms with Crippen LogP contribution in [0.4, 0.5) is 0 Å². The minimum atomic E-state index is -2.36. The van der Waals surface area contributed by atoms with E-state index in [9.17, 15) is 24.0 Å². The van der Waals surface area contributed by atoms with Crippen LogP contribution in [0.5, 0.6) is 0 Å². The Balaban J connectivity index is 2.65. The van der Waals surface area contributed by atoms with Gasteiger partial charge in [0.05, 0.1) is 6.61 Å². The lowest BCUT2D eigenvalue weighted by molar-refractivity contribution is -0.325. The summed E-state index contributed by atoms with van der Waals surface area (Å²) in [6.07, 6.45) is -11.4. The van der Waals surface area contributed by atoms with Crippen molar-refractivity contribution in [3.05, 3.63) is 0 Å². The average Bonchev–Trinajstić information content (AvgIpc) is 2.89. The van der Waals surface area contributed by atoms with Crippen molar-refractivity contribution in [2.45, 2.75) is 155 Å². The number of hydrogen-bond donors (Lipinski definition) is 0. The van der Waals surface area contributed by atoms with Gasteiger partial charge in [-0.15, -0.1) is 0 Å². The molecule has 0 saturated carbocycles. The molecule has 0 aromatic rings. The lowest BCUT2D eigenvalue weighted by Gasteiger charge is -2.50. The van der Waals surface area contributed by atoms with Crippen molar-refractivity contribution in [2.24, 2.45) is 0 Å². The van der Waals surface area contributed by atoms with E-state index in [1.165, 1.54) is 6.92 Å². The molecular formula is C31H56O16Si3. The van der Waals surface area contributed by atoms with Crippen molar-refractivity contribution in [1.82, 2.24) is 0 Å². The van der Waals surface area contributed by atoms with E-state index in [0.717, 1.165) is 27.7 Å². The summed E-state index contributed by atoms with van der Waals surface area (Å²) in [5.74, 6) is -3.66. The maximum Gasteiger partial charge on any atom is 0.305 e. The van der Waals surface area contributed by atoms with E-state index in [4.69, 9.17) is 51.2 Å². The zero-order valence-electron chi connectivity index (χ0n) is 31.7. The van der Waals surface area contributed by atoms with Crippen molar-refractivity contribution >= 4 is 54.8 Å². The van der Waals surface area contributed by atoms with Gasteiger partial charge in [-0.2, -0.15) is 0 Å². The average molecular weight is 769 g/mol. The van der Waals surface area contributed by atoms with Gasteiger partial charge in [0.15, 0.2) is 43.5 Å². The van der Waals surface area contributed by atoms with Crippen LogP contribution >= 0.6 is 0 Å². The zero-order valence-corrected chi connectivity index (χ0v) is 34.7. The molecule has 0 spiro atoms. The van der Waals surface area contributed by atoms with Gasteiger partial charge in [-0.25, -0.2) is 0 Å². The lowest BCUT2D eigenvalue weighted by Crippen LogP contribution is -2.67. The molecule has 0 radical (unpaired) electrons. The van der Waals surface area contributed by atoms with Crippen LogP contribution in [0.25, 0.3) is 0 Å². The molecule has 0 aliphatic carbocycles. The van der Waals surface area contributed by atoms with E-state index in [0.29, 0.717) is 0 Å².